The lowest BCUT2D eigenvalue weighted by Gasteiger charge is -2.32. The Balaban J connectivity index is 1.72. The van der Waals surface area contributed by atoms with Gasteiger partial charge in [0, 0.05) is 35.9 Å². The molecule has 0 saturated carbocycles. The molecule has 2 nitrogen and oxygen atoms in total. The molecule has 2 N–H and O–H groups in total. The number of benzene rings is 3. The van der Waals surface area contributed by atoms with Crippen molar-refractivity contribution in [3.05, 3.63) is 89.2 Å². The van der Waals surface area contributed by atoms with Crippen molar-refractivity contribution in [2.24, 2.45) is 5.73 Å². The summed E-state index contributed by atoms with van der Waals surface area (Å²) in [5.74, 6) is -0.210. The lowest BCUT2D eigenvalue weighted by Crippen LogP contribution is -2.28. The van der Waals surface area contributed by atoms with E-state index in [4.69, 9.17) is 5.73 Å². The second-order valence-corrected chi connectivity index (χ2v) is 7.35. The van der Waals surface area contributed by atoms with Crippen molar-refractivity contribution in [3.63, 3.8) is 0 Å². The largest absolute Gasteiger partial charge is 0.367 e. The molecule has 1 heterocycles. The van der Waals surface area contributed by atoms with Crippen molar-refractivity contribution >= 4 is 5.69 Å². The van der Waals surface area contributed by atoms with Gasteiger partial charge in [-0.15, -0.1) is 0 Å². The minimum atomic E-state index is -0.322. The number of halogens is 1. The third-order valence-corrected chi connectivity index (χ3v) is 5.35. The maximum Gasteiger partial charge on any atom is 0.135 e. The van der Waals surface area contributed by atoms with Crippen LogP contribution in [0.2, 0.25) is 0 Å². The number of aryl methyl sites for hydroxylation is 1. The minimum absolute atomic E-state index is 0.210. The Morgan fingerprint density at radius 1 is 1.04 bits per heavy atom. The Bertz CT molecular complexity index is 934. The van der Waals surface area contributed by atoms with Crippen LogP contribution in [0, 0.1) is 5.82 Å². The molecule has 1 aliphatic rings. The smallest absolute Gasteiger partial charge is 0.135 e. The zero-order valence-electron chi connectivity index (χ0n) is 15.7. The molecule has 1 unspecified atom stereocenters. The highest BCUT2D eigenvalue weighted by Gasteiger charge is 2.19. The number of hydrogen-bond acceptors (Lipinski definition) is 2. The van der Waals surface area contributed by atoms with Crippen molar-refractivity contribution in [1.82, 2.24) is 0 Å². The normalized spacial score (nSPS) is 14.7. The maximum atomic E-state index is 15.0. The van der Waals surface area contributed by atoms with E-state index in [0.29, 0.717) is 11.1 Å². The molecule has 4 rings (SSSR count). The van der Waals surface area contributed by atoms with Gasteiger partial charge < -0.3 is 10.6 Å². The van der Waals surface area contributed by atoms with E-state index in [2.05, 4.69) is 41.3 Å². The summed E-state index contributed by atoms with van der Waals surface area (Å²) < 4.78 is 15.0. The molecular formula is C24H25FN2. The van der Waals surface area contributed by atoms with Gasteiger partial charge in [-0.3, -0.25) is 0 Å². The fraction of sp³-hybridized carbons (Fsp3) is 0.250. The van der Waals surface area contributed by atoms with Crippen LogP contribution in [-0.2, 0) is 13.0 Å². The molecule has 0 spiro atoms. The zero-order valence-corrected chi connectivity index (χ0v) is 15.7. The predicted octanol–water partition coefficient (Wildman–Crippen LogP) is 5.47. The van der Waals surface area contributed by atoms with Gasteiger partial charge in [-0.1, -0.05) is 60.7 Å². The minimum Gasteiger partial charge on any atom is -0.367 e. The van der Waals surface area contributed by atoms with E-state index >= 15 is 0 Å². The van der Waals surface area contributed by atoms with E-state index in [0.717, 1.165) is 31.5 Å². The number of nitrogens with two attached hydrogens (primary N) is 1. The number of hydrogen-bond donors (Lipinski definition) is 1. The quantitative estimate of drug-likeness (QED) is 0.669. The Morgan fingerprint density at radius 2 is 1.85 bits per heavy atom. The van der Waals surface area contributed by atoms with Crippen LogP contribution >= 0.6 is 0 Å². The van der Waals surface area contributed by atoms with Gasteiger partial charge in [-0.2, -0.15) is 0 Å². The summed E-state index contributed by atoms with van der Waals surface area (Å²) in [5.41, 5.74) is 11.9. The first-order chi connectivity index (χ1) is 13.1. The van der Waals surface area contributed by atoms with Crippen LogP contribution < -0.4 is 10.6 Å². The van der Waals surface area contributed by atoms with Crippen LogP contribution in [0.15, 0.2) is 66.7 Å². The van der Waals surface area contributed by atoms with Gasteiger partial charge in [0.2, 0.25) is 0 Å². The van der Waals surface area contributed by atoms with Crippen LogP contribution in [0.3, 0.4) is 0 Å². The number of anilines is 1. The van der Waals surface area contributed by atoms with Crippen molar-refractivity contribution < 1.29 is 4.39 Å². The van der Waals surface area contributed by atoms with Crippen LogP contribution in [0.5, 0.6) is 0 Å². The molecular weight excluding hydrogens is 335 g/mol. The Morgan fingerprint density at radius 3 is 2.63 bits per heavy atom. The summed E-state index contributed by atoms with van der Waals surface area (Å²) in [4.78, 5) is 2.41. The number of rotatable bonds is 4. The lowest BCUT2D eigenvalue weighted by molar-refractivity contribution is 0.597. The molecule has 1 aliphatic heterocycles. The van der Waals surface area contributed by atoms with E-state index in [9.17, 15) is 4.39 Å². The van der Waals surface area contributed by atoms with Crippen LogP contribution in [-0.4, -0.2) is 6.54 Å². The number of fused-ring (bicyclic) bond motifs is 1. The van der Waals surface area contributed by atoms with Gasteiger partial charge in [-0.05, 0) is 42.5 Å². The third-order valence-electron chi connectivity index (χ3n) is 5.35. The summed E-state index contributed by atoms with van der Waals surface area (Å²) in [6.45, 7) is 3.71. The predicted molar refractivity (Wildman–Crippen MR) is 110 cm³/mol. The fourth-order valence-corrected chi connectivity index (χ4v) is 3.91. The van der Waals surface area contributed by atoms with Crippen molar-refractivity contribution in [2.75, 3.05) is 11.4 Å². The lowest BCUT2D eigenvalue weighted by atomic mass is 9.94. The SMILES string of the molecule is CC(N)c1cccc(-c2ccc3c(c2)N(Cc2ccccc2)CCC3)c1F. The summed E-state index contributed by atoms with van der Waals surface area (Å²) in [6.07, 6.45) is 2.22. The van der Waals surface area contributed by atoms with Gasteiger partial charge in [-0.25, -0.2) is 4.39 Å². The topological polar surface area (TPSA) is 29.3 Å². The van der Waals surface area contributed by atoms with Crippen molar-refractivity contribution in [3.8, 4) is 11.1 Å². The van der Waals surface area contributed by atoms with E-state index in [-0.39, 0.29) is 11.9 Å². The molecule has 0 radical (unpaired) electrons. The molecule has 0 fully saturated rings. The summed E-state index contributed by atoms with van der Waals surface area (Å²) in [6, 6.07) is 22.0. The summed E-state index contributed by atoms with van der Waals surface area (Å²) in [5, 5.41) is 0. The Kier molecular flexibility index (Phi) is 4.95. The van der Waals surface area contributed by atoms with Gasteiger partial charge >= 0.3 is 0 Å². The van der Waals surface area contributed by atoms with Gasteiger partial charge in [0.05, 0.1) is 0 Å². The second kappa shape index (κ2) is 7.53. The maximum absolute atomic E-state index is 15.0. The van der Waals surface area contributed by atoms with Crippen molar-refractivity contribution in [1.29, 1.82) is 0 Å². The highest BCUT2D eigenvalue weighted by Crippen LogP contribution is 2.35. The molecule has 0 aliphatic carbocycles. The standard InChI is InChI=1S/C24H25FN2/c1-17(26)21-10-5-11-22(24(21)25)20-13-12-19-9-6-14-27(23(19)15-20)16-18-7-3-2-4-8-18/h2-5,7-8,10-13,15,17H,6,9,14,16,26H2,1H3. The first-order valence-electron chi connectivity index (χ1n) is 9.59. The van der Waals surface area contributed by atoms with E-state index in [1.165, 1.54) is 16.8 Å². The van der Waals surface area contributed by atoms with Crippen LogP contribution in [0.25, 0.3) is 11.1 Å². The van der Waals surface area contributed by atoms with Gasteiger partial charge in [0.15, 0.2) is 0 Å². The first-order valence-corrected chi connectivity index (χ1v) is 9.59. The van der Waals surface area contributed by atoms with Crippen LogP contribution in [0.1, 0.15) is 36.1 Å². The van der Waals surface area contributed by atoms with E-state index in [1.54, 1.807) is 6.07 Å². The first kappa shape index (κ1) is 17.7. The Labute approximate surface area is 160 Å². The van der Waals surface area contributed by atoms with Gasteiger partial charge in [0.25, 0.3) is 0 Å². The molecule has 138 valence electrons. The average molecular weight is 360 g/mol. The molecule has 27 heavy (non-hydrogen) atoms. The molecule has 3 aromatic carbocycles. The average Bonchev–Trinajstić information content (AvgIpc) is 2.69. The summed E-state index contributed by atoms with van der Waals surface area (Å²) >= 11 is 0. The van der Waals surface area contributed by atoms with E-state index in [1.807, 2.05) is 31.2 Å². The third kappa shape index (κ3) is 3.60. The van der Waals surface area contributed by atoms with Crippen molar-refractivity contribution in [2.45, 2.75) is 32.4 Å². The van der Waals surface area contributed by atoms with Crippen LogP contribution in [0.4, 0.5) is 10.1 Å². The highest BCUT2D eigenvalue weighted by molar-refractivity contribution is 5.72. The molecule has 0 amide bonds. The monoisotopic (exact) mass is 360 g/mol. The number of nitrogens with zero attached hydrogens (tertiary/aromatic N) is 1. The molecule has 3 aromatic rings. The molecule has 3 heteroatoms. The Hall–Kier alpha value is -2.65. The van der Waals surface area contributed by atoms with E-state index < -0.39 is 0 Å². The summed E-state index contributed by atoms with van der Waals surface area (Å²) in [7, 11) is 0. The second-order valence-electron chi connectivity index (χ2n) is 7.35. The highest BCUT2D eigenvalue weighted by atomic mass is 19.1. The fourth-order valence-electron chi connectivity index (χ4n) is 3.91. The molecule has 0 aromatic heterocycles. The van der Waals surface area contributed by atoms with Gasteiger partial charge in [0.1, 0.15) is 5.82 Å². The molecule has 0 bridgehead atoms. The molecule has 0 saturated heterocycles. The zero-order chi connectivity index (χ0) is 18.8. The molecule has 1 atom stereocenters.